The number of aliphatic carboxylic acids is 1. The van der Waals surface area contributed by atoms with Gasteiger partial charge in [0.15, 0.2) is 0 Å². The van der Waals surface area contributed by atoms with E-state index < -0.39 is 5.97 Å². The van der Waals surface area contributed by atoms with Crippen molar-refractivity contribution < 1.29 is 9.90 Å². The zero-order chi connectivity index (χ0) is 16.8. The second kappa shape index (κ2) is 13.6. The smallest absolute Gasteiger partial charge is 0.306 e. The van der Waals surface area contributed by atoms with Crippen LogP contribution in [0.5, 0.6) is 0 Å². The fourth-order valence-electron chi connectivity index (χ4n) is 2.71. The molecule has 2 heteroatoms. The van der Waals surface area contributed by atoms with Gasteiger partial charge >= 0.3 is 5.97 Å². The van der Waals surface area contributed by atoms with Crippen LogP contribution in [0.3, 0.4) is 0 Å². The Morgan fingerprint density at radius 1 is 1.00 bits per heavy atom. The molecule has 128 valence electrons. The Morgan fingerprint density at radius 2 is 1.68 bits per heavy atom. The van der Waals surface area contributed by atoms with E-state index in [9.17, 15) is 9.90 Å². The van der Waals surface area contributed by atoms with Crippen LogP contribution in [-0.2, 0) is 4.79 Å². The highest BCUT2D eigenvalue weighted by Crippen LogP contribution is 2.22. The summed E-state index contributed by atoms with van der Waals surface area (Å²) in [7, 11) is 0. The van der Waals surface area contributed by atoms with Crippen molar-refractivity contribution in [2.75, 3.05) is 0 Å². The van der Waals surface area contributed by atoms with E-state index in [1.807, 2.05) is 6.08 Å². The van der Waals surface area contributed by atoms with Gasteiger partial charge in [0.1, 0.15) is 0 Å². The first-order valence-corrected chi connectivity index (χ1v) is 8.94. The molecule has 2 nitrogen and oxygen atoms in total. The fraction of sp³-hybridized carbons (Fsp3) is 0.750. The fourth-order valence-corrected chi connectivity index (χ4v) is 2.71. The first-order chi connectivity index (χ1) is 10.5. The van der Waals surface area contributed by atoms with Crippen molar-refractivity contribution in [1.82, 2.24) is 0 Å². The number of carboxylic acids is 1. The zero-order valence-corrected chi connectivity index (χ0v) is 14.9. The van der Waals surface area contributed by atoms with E-state index in [1.54, 1.807) is 0 Å². The van der Waals surface area contributed by atoms with Crippen LogP contribution in [0.4, 0.5) is 0 Å². The summed E-state index contributed by atoms with van der Waals surface area (Å²) in [5, 5.41) is 9.35. The van der Waals surface area contributed by atoms with Gasteiger partial charge in [0.25, 0.3) is 0 Å². The Kier molecular flexibility index (Phi) is 13.0. The topological polar surface area (TPSA) is 37.3 Å². The van der Waals surface area contributed by atoms with Crippen LogP contribution in [0.1, 0.15) is 85.0 Å². The summed E-state index contributed by atoms with van der Waals surface area (Å²) in [6.45, 7) is 10.2. The molecular weight excluding hydrogens is 272 g/mol. The maximum Gasteiger partial charge on any atom is 0.306 e. The number of unbranched alkanes of at least 4 members (excludes halogenated alkanes) is 4. The van der Waals surface area contributed by atoms with Crippen LogP contribution in [0.15, 0.2) is 24.3 Å². The molecule has 0 aromatic rings. The molecule has 1 N–H and O–H groups in total. The second-order valence-electron chi connectivity index (χ2n) is 6.86. The van der Waals surface area contributed by atoms with Crippen LogP contribution in [0, 0.1) is 11.8 Å². The Balaban J connectivity index is 3.86. The van der Waals surface area contributed by atoms with E-state index in [-0.39, 0.29) is 5.92 Å². The van der Waals surface area contributed by atoms with Gasteiger partial charge < -0.3 is 5.11 Å². The van der Waals surface area contributed by atoms with Gasteiger partial charge in [0.2, 0.25) is 0 Å². The molecule has 0 aromatic heterocycles. The lowest BCUT2D eigenvalue weighted by Gasteiger charge is -2.15. The molecule has 0 radical (unpaired) electrons. The van der Waals surface area contributed by atoms with Gasteiger partial charge in [-0.1, -0.05) is 43.9 Å². The van der Waals surface area contributed by atoms with Gasteiger partial charge in [-0.15, -0.1) is 6.58 Å². The number of allylic oxidation sites excluding steroid dienone is 3. The van der Waals surface area contributed by atoms with Gasteiger partial charge in [0, 0.05) is 0 Å². The minimum absolute atomic E-state index is 0.148. The standard InChI is InChI=1S/C20H36O2/c1-5-6-7-8-9-10-14-19(20(21)22)16-15-18(4)13-11-12-17(2)3/h5,12,18-19H,1,6-11,13-16H2,2-4H3,(H,21,22)/t18?,19-/m0/s1. The molecule has 0 aliphatic rings. The molecule has 0 saturated heterocycles. The van der Waals surface area contributed by atoms with Crippen LogP contribution < -0.4 is 0 Å². The maximum absolute atomic E-state index is 11.4. The summed E-state index contributed by atoms with van der Waals surface area (Å²) in [5.74, 6) is -0.141. The largest absolute Gasteiger partial charge is 0.481 e. The molecule has 1 unspecified atom stereocenters. The van der Waals surface area contributed by atoms with Gasteiger partial charge in [0.05, 0.1) is 5.92 Å². The predicted molar refractivity (Wildman–Crippen MR) is 96.1 cm³/mol. The SMILES string of the molecule is C=CCCCCCC[C@@H](CCC(C)CCC=C(C)C)C(=O)O. The lowest BCUT2D eigenvalue weighted by molar-refractivity contribution is -0.142. The van der Waals surface area contributed by atoms with Crippen molar-refractivity contribution in [1.29, 1.82) is 0 Å². The Labute approximate surface area is 137 Å². The zero-order valence-electron chi connectivity index (χ0n) is 14.9. The Hall–Kier alpha value is -1.05. The lowest BCUT2D eigenvalue weighted by atomic mass is 9.90. The Bertz CT molecular complexity index is 327. The lowest BCUT2D eigenvalue weighted by Crippen LogP contribution is -2.15. The van der Waals surface area contributed by atoms with Crippen molar-refractivity contribution in [3.05, 3.63) is 24.3 Å². The van der Waals surface area contributed by atoms with Gasteiger partial charge in [-0.2, -0.15) is 0 Å². The molecule has 0 rings (SSSR count). The van der Waals surface area contributed by atoms with E-state index in [4.69, 9.17) is 0 Å². The van der Waals surface area contributed by atoms with Crippen molar-refractivity contribution in [2.24, 2.45) is 11.8 Å². The summed E-state index contributed by atoms with van der Waals surface area (Å²) in [4.78, 5) is 11.4. The molecule has 0 aromatic carbocycles. The molecule has 0 aliphatic carbocycles. The number of rotatable bonds is 14. The van der Waals surface area contributed by atoms with E-state index in [2.05, 4.69) is 33.4 Å². The van der Waals surface area contributed by atoms with Crippen LogP contribution in [0.2, 0.25) is 0 Å². The molecule has 0 saturated carbocycles. The van der Waals surface area contributed by atoms with Gasteiger partial charge in [-0.25, -0.2) is 0 Å². The van der Waals surface area contributed by atoms with Crippen LogP contribution in [-0.4, -0.2) is 11.1 Å². The average Bonchev–Trinajstić information content (AvgIpc) is 2.44. The highest BCUT2D eigenvalue weighted by molar-refractivity contribution is 5.69. The number of hydrogen-bond donors (Lipinski definition) is 1. The molecule has 0 heterocycles. The van der Waals surface area contributed by atoms with E-state index in [0.29, 0.717) is 5.92 Å². The highest BCUT2D eigenvalue weighted by Gasteiger charge is 2.17. The average molecular weight is 309 g/mol. The minimum atomic E-state index is -0.609. The monoisotopic (exact) mass is 308 g/mol. The quantitative estimate of drug-likeness (QED) is 0.299. The maximum atomic E-state index is 11.4. The van der Waals surface area contributed by atoms with Crippen LogP contribution in [0.25, 0.3) is 0 Å². The molecule has 0 spiro atoms. The summed E-state index contributed by atoms with van der Waals surface area (Å²) >= 11 is 0. The third-order valence-corrected chi connectivity index (χ3v) is 4.28. The van der Waals surface area contributed by atoms with Crippen LogP contribution >= 0.6 is 0 Å². The minimum Gasteiger partial charge on any atom is -0.481 e. The first-order valence-electron chi connectivity index (χ1n) is 8.94. The van der Waals surface area contributed by atoms with Crippen molar-refractivity contribution in [3.8, 4) is 0 Å². The molecule has 0 bridgehead atoms. The third kappa shape index (κ3) is 12.7. The number of carboxylic acid groups (broad SMARTS) is 1. The summed E-state index contributed by atoms with van der Waals surface area (Å²) in [6, 6.07) is 0. The van der Waals surface area contributed by atoms with E-state index in [1.165, 1.54) is 24.8 Å². The van der Waals surface area contributed by atoms with E-state index in [0.717, 1.165) is 44.9 Å². The molecular formula is C20H36O2. The van der Waals surface area contributed by atoms with Crippen molar-refractivity contribution >= 4 is 5.97 Å². The van der Waals surface area contributed by atoms with Gasteiger partial charge in [-0.05, 0) is 64.7 Å². The van der Waals surface area contributed by atoms with Crippen molar-refractivity contribution in [2.45, 2.75) is 85.0 Å². The number of carbonyl (C=O) groups is 1. The second-order valence-corrected chi connectivity index (χ2v) is 6.86. The number of hydrogen-bond acceptors (Lipinski definition) is 1. The van der Waals surface area contributed by atoms with Crippen molar-refractivity contribution in [3.63, 3.8) is 0 Å². The van der Waals surface area contributed by atoms with Gasteiger partial charge in [-0.3, -0.25) is 4.79 Å². The molecule has 0 fully saturated rings. The molecule has 22 heavy (non-hydrogen) atoms. The molecule has 0 aliphatic heterocycles. The molecule has 2 atom stereocenters. The third-order valence-electron chi connectivity index (χ3n) is 4.28. The first kappa shape index (κ1) is 20.9. The highest BCUT2D eigenvalue weighted by atomic mass is 16.4. The predicted octanol–water partition coefficient (Wildman–Crippen LogP) is 6.38. The Morgan fingerprint density at radius 3 is 2.27 bits per heavy atom. The molecule has 0 amide bonds. The summed E-state index contributed by atoms with van der Waals surface area (Å²) < 4.78 is 0. The van der Waals surface area contributed by atoms with E-state index >= 15 is 0 Å². The summed E-state index contributed by atoms with van der Waals surface area (Å²) in [6.07, 6.45) is 14.8. The summed E-state index contributed by atoms with van der Waals surface area (Å²) in [5.41, 5.74) is 1.37. The normalized spacial score (nSPS) is 13.4.